The van der Waals surface area contributed by atoms with Crippen molar-refractivity contribution < 1.29 is 0 Å². The average Bonchev–Trinajstić information content (AvgIpc) is 3.21. The minimum absolute atomic E-state index is 1.01. The maximum Gasteiger partial charge on any atom is 0.0895 e. The fourth-order valence-corrected chi connectivity index (χ4v) is 16.1. The van der Waals surface area contributed by atoms with E-state index >= 15 is 0 Å². The third kappa shape index (κ3) is 8.18. The van der Waals surface area contributed by atoms with Gasteiger partial charge in [-0.15, -0.1) is 22.7 Å². The zero-order chi connectivity index (χ0) is 57.8. The molecule has 18 rings (SSSR count). The Morgan fingerprint density at radius 1 is 0.273 bits per heavy atom. The molecule has 6 heteroatoms. The van der Waals surface area contributed by atoms with Crippen LogP contribution in [0.2, 0.25) is 0 Å². The first-order valence-electron chi connectivity index (χ1n) is 29.8. The zero-order valence-corrected chi connectivity index (χ0v) is 49.1. The van der Waals surface area contributed by atoms with Crippen LogP contribution in [0.3, 0.4) is 0 Å². The van der Waals surface area contributed by atoms with Crippen LogP contribution in [0, 0.1) is 0 Å². The van der Waals surface area contributed by atoms with E-state index in [-0.39, 0.29) is 0 Å². The first-order valence-corrected chi connectivity index (χ1v) is 31.5. The summed E-state index contributed by atoms with van der Waals surface area (Å²) in [5, 5.41) is 18.3. The van der Waals surface area contributed by atoms with E-state index in [1.807, 2.05) is 29.9 Å². The predicted molar refractivity (Wildman–Crippen MR) is 379 cm³/mol. The van der Waals surface area contributed by atoms with Crippen LogP contribution in [0.5, 0.6) is 0 Å². The van der Waals surface area contributed by atoms with Crippen LogP contribution in [0.25, 0.3) is 138 Å². The number of hydrogen-bond acceptors (Lipinski definition) is 6. The lowest BCUT2D eigenvalue weighted by Gasteiger charge is -2.27. The summed E-state index contributed by atoms with van der Waals surface area (Å²) >= 11 is 3.63. The maximum atomic E-state index is 5.17. The zero-order valence-electron chi connectivity index (χ0n) is 47.5. The number of hydrogen-bond donors (Lipinski definition) is 0. The van der Waals surface area contributed by atoms with Gasteiger partial charge < -0.3 is 9.80 Å². The van der Waals surface area contributed by atoms with Gasteiger partial charge >= 0.3 is 0 Å². The summed E-state index contributed by atoms with van der Waals surface area (Å²) in [6.07, 6.45) is 5.83. The second kappa shape index (κ2) is 20.3. The molecular formula is C82H50N4S2. The van der Waals surface area contributed by atoms with Crippen molar-refractivity contribution in [1.29, 1.82) is 0 Å². The van der Waals surface area contributed by atoms with Gasteiger partial charge in [-0.05, 0) is 183 Å². The van der Waals surface area contributed by atoms with Crippen LogP contribution in [0.15, 0.2) is 304 Å². The largest absolute Gasteiger partial charge is 0.309 e. The van der Waals surface area contributed by atoms with Crippen molar-refractivity contribution >= 4 is 162 Å². The van der Waals surface area contributed by atoms with Gasteiger partial charge in [-0.3, -0.25) is 9.97 Å². The van der Waals surface area contributed by atoms with Crippen LogP contribution in [0.4, 0.5) is 34.1 Å². The topological polar surface area (TPSA) is 32.3 Å². The van der Waals surface area contributed by atoms with E-state index in [1.165, 1.54) is 112 Å². The summed E-state index contributed by atoms with van der Waals surface area (Å²) < 4.78 is 4.75. The number of benzene rings is 14. The van der Waals surface area contributed by atoms with Gasteiger partial charge in [0, 0.05) is 57.5 Å². The molecule has 0 atom stereocenters. The molecule has 4 heterocycles. The number of fused-ring (bicyclic) bond motifs is 16. The second-order valence-corrected chi connectivity index (χ2v) is 24.9. The number of nitrogens with zero attached hydrogens (tertiary/aromatic N) is 4. The lowest BCUT2D eigenvalue weighted by molar-refractivity contribution is 1.31. The molecule has 18 aromatic rings. The standard InChI is InChI=1S/C82H50N4S2/c1-3-11-51(12-4-1)53-24-33-61(34-25-53)85(74-18-9-17-71-70-44-46-83-50-77(70)88-81(71)74)63-37-28-56-30-40-68-65-39-31-60(47-59(65)32-41-69(68)72(56)48-63)67-42-43-75(82-79(67)80-76(87-82)19-10-45-84-80)86(62-35-26-54(27-36-62)52-13-5-2-6-14-52)64-38-29-57-21-23-58-22-20-55-15-7-8-16-66(55)78(58)73(57)49-64/h1-50H. The normalized spacial score (nSPS) is 11.9. The molecule has 4 nitrogen and oxygen atoms in total. The molecule has 4 aromatic heterocycles. The lowest BCUT2D eigenvalue weighted by atomic mass is 9.93. The minimum atomic E-state index is 1.01. The van der Waals surface area contributed by atoms with Gasteiger partial charge in [0.2, 0.25) is 0 Å². The van der Waals surface area contributed by atoms with Crippen molar-refractivity contribution in [3.63, 3.8) is 0 Å². The molecular weight excluding hydrogens is 1110 g/mol. The minimum Gasteiger partial charge on any atom is -0.309 e. The summed E-state index contributed by atoms with van der Waals surface area (Å²) in [5.74, 6) is 0. The molecule has 0 aliphatic carbocycles. The Balaban J connectivity index is 0.782. The summed E-state index contributed by atoms with van der Waals surface area (Å²) in [4.78, 5) is 14.6. The molecule has 0 unspecified atom stereocenters. The van der Waals surface area contributed by atoms with E-state index in [0.717, 1.165) is 60.9 Å². The summed E-state index contributed by atoms with van der Waals surface area (Å²) in [6.45, 7) is 0. The lowest BCUT2D eigenvalue weighted by Crippen LogP contribution is -2.10. The molecule has 0 saturated carbocycles. The third-order valence-corrected chi connectivity index (χ3v) is 20.3. The molecule has 0 amide bonds. The highest BCUT2D eigenvalue weighted by atomic mass is 32.1. The highest BCUT2D eigenvalue weighted by molar-refractivity contribution is 7.26. The Labute approximate surface area is 515 Å². The van der Waals surface area contributed by atoms with E-state index in [4.69, 9.17) is 4.98 Å². The average molecular weight is 1160 g/mol. The molecule has 410 valence electrons. The number of aromatic nitrogens is 2. The molecule has 0 aliphatic rings. The Morgan fingerprint density at radius 3 is 1.56 bits per heavy atom. The SMILES string of the molecule is c1ccc(-c2ccc(N(c3ccc4ccc5c6ccc(-c7ccc(N(c8ccc(-c9ccccc9)cc8)c8ccc9ccc%10ccc%11ccccc%11c%10c9c8)c8sc9cccnc9c78)cc6ccc5c4c3)c3cccc4c3sc3cnccc34)cc2)cc1. The fraction of sp³-hybridized carbons (Fsp3) is 0. The van der Waals surface area contributed by atoms with Crippen LogP contribution >= 0.6 is 22.7 Å². The Kier molecular flexibility index (Phi) is 11.6. The number of thiophene rings is 2. The van der Waals surface area contributed by atoms with Gasteiger partial charge in [-0.1, -0.05) is 200 Å². The van der Waals surface area contributed by atoms with Crippen LogP contribution in [-0.4, -0.2) is 9.97 Å². The fourth-order valence-electron chi connectivity index (χ4n) is 13.8. The van der Waals surface area contributed by atoms with Crippen LogP contribution in [-0.2, 0) is 0 Å². The summed E-state index contributed by atoms with van der Waals surface area (Å²) in [6, 6.07) is 105. The van der Waals surface area contributed by atoms with Gasteiger partial charge in [-0.2, -0.15) is 0 Å². The van der Waals surface area contributed by atoms with Gasteiger partial charge in [0.25, 0.3) is 0 Å². The molecule has 0 fully saturated rings. The van der Waals surface area contributed by atoms with Crippen molar-refractivity contribution in [2.24, 2.45) is 0 Å². The second-order valence-electron chi connectivity index (χ2n) is 22.8. The predicted octanol–water partition coefficient (Wildman–Crippen LogP) is 24.1. The van der Waals surface area contributed by atoms with E-state index < -0.39 is 0 Å². The molecule has 0 radical (unpaired) electrons. The van der Waals surface area contributed by atoms with Gasteiger partial charge in [0.15, 0.2) is 0 Å². The summed E-state index contributed by atoms with van der Waals surface area (Å²) in [5.41, 5.74) is 14.7. The van der Waals surface area contributed by atoms with Crippen molar-refractivity contribution in [3.8, 4) is 33.4 Å². The van der Waals surface area contributed by atoms with E-state index in [9.17, 15) is 0 Å². The smallest absolute Gasteiger partial charge is 0.0895 e. The van der Waals surface area contributed by atoms with Crippen molar-refractivity contribution in [2.75, 3.05) is 9.80 Å². The van der Waals surface area contributed by atoms with Gasteiger partial charge in [0.05, 0.1) is 35.7 Å². The third-order valence-electron chi connectivity index (χ3n) is 17.9. The number of anilines is 6. The van der Waals surface area contributed by atoms with E-state index in [2.05, 4.69) is 300 Å². The molecule has 88 heavy (non-hydrogen) atoms. The molecule has 0 N–H and O–H groups in total. The molecule has 0 bridgehead atoms. The van der Waals surface area contributed by atoms with E-state index in [0.29, 0.717) is 0 Å². The Morgan fingerprint density at radius 2 is 0.818 bits per heavy atom. The van der Waals surface area contributed by atoms with E-state index in [1.54, 1.807) is 11.3 Å². The van der Waals surface area contributed by atoms with Crippen molar-refractivity contribution in [1.82, 2.24) is 9.97 Å². The number of rotatable bonds is 9. The van der Waals surface area contributed by atoms with Crippen molar-refractivity contribution in [3.05, 3.63) is 304 Å². The van der Waals surface area contributed by atoms with Crippen LogP contribution in [0.1, 0.15) is 0 Å². The monoisotopic (exact) mass is 1150 g/mol. The molecule has 0 spiro atoms. The highest BCUT2D eigenvalue weighted by Crippen LogP contribution is 2.51. The quantitative estimate of drug-likeness (QED) is 0.135. The molecule has 0 aliphatic heterocycles. The maximum absolute atomic E-state index is 5.17. The summed E-state index contributed by atoms with van der Waals surface area (Å²) in [7, 11) is 0. The van der Waals surface area contributed by atoms with Gasteiger partial charge in [0.1, 0.15) is 0 Å². The molecule has 0 saturated heterocycles. The first kappa shape index (κ1) is 50.3. The van der Waals surface area contributed by atoms with Crippen molar-refractivity contribution in [2.45, 2.75) is 0 Å². The van der Waals surface area contributed by atoms with Gasteiger partial charge in [-0.25, -0.2) is 0 Å². The Hall–Kier alpha value is -11.0. The highest BCUT2D eigenvalue weighted by Gasteiger charge is 2.24. The van der Waals surface area contributed by atoms with Crippen LogP contribution < -0.4 is 9.80 Å². The number of pyridine rings is 2. The Bertz CT molecular complexity index is 5810. The molecule has 14 aromatic carbocycles. The first-order chi connectivity index (χ1) is 43.6.